The molecule has 0 fully saturated rings. The normalized spacial score (nSPS) is 10.5. The zero-order chi connectivity index (χ0) is 12.3. The second kappa shape index (κ2) is 5.39. The molecule has 0 aliphatic rings. The Balaban J connectivity index is 2.33. The maximum atomic E-state index is 9.38. The summed E-state index contributed by atoms with van der Waals surface area (Å²) in [7, 11) is 0. The molecule has 0 atom stereocenters. The molecule has 0 spiro atoms. The van der Waals surface area contributed by atoms with Crippen molar-refractivity contribution in [3.8, 4) is 0 Å². The molecule has 0 radical (unpaired) electrons. The molecule has 2 aromatic carbocycles. The van der Waals surface area contributed by atoms with Gasteiger partial charge in [0.25, 0.3) is 0 Å². The van der Waals surface area contributed by atoms with E-state index >= 15 is 0 Å². The molecule has 0 aliphatic heterocycles. The molecule has 0 aromatic heterocycles. The smallest absolute Gasteiger partial charge is 0.0692 e. The van der Waals surface area contributed by atoms with E-state index in [1.165, 1.54) is 16.0 Å². The molecule has 1 nitrogen and oxygen atoms in total. The van der Waals surface area contributed by atoms with E-state index in [-0.39, 0.29) is 6.61 Å². The van der Waals surface area contributed by atoms with Gasteiger partial charge in [0, 0.05) is 9.79 Å². The summed E-state index contributed by atoms with van der Waals surface area (Å²) in [5, 5.41) is 9.38. The van der Waals surface area contributed by atoms with Crippen LogP contribution in [-0.4, -0.2) is 5.11 Å². The van der Waals surface area contributed by atoms with E-state index in [1.54, 1.807) is 11.8 Å². The summed E-state index contributed by atoms with van der Waals surface area (Å²) in [6.07, 6.45) is 0. The minimum atomic E-state index is 0.0931. The van der Waals surface area contributed by atoms with Crippen LogP contribution < -0.4 is 0 Å². The van der Waals surface area contributed by atoms with Crippen LogP contribution in [0.25, 0.3) is 0 Å². The van der Waals surface area contributed by atoms with Crippen molar-refractivity contribution < 1.29 is 5.11 Å². The molecule has 2 heteroatoms. The molecular formula is C15H16OS. The quantitative estimate of drug-likeness (QED) is 0.882. The van der Waals surface area contributed by atoms with E-state index < -0.39 is 0 Å². The summed E-state index contributed by atoms with van der Waals surface area (Å²) in [6.45, 7) is 4.24. The molecule has 0 saturated heterocycles. The first-order valence-electron chi connectivity index (χ1n) is 5.64. The average Bonchev–Trinajstić information content (AvgIpc) is 2.34. The van der Waals surface area contributed by atoms with Gasteiger partial charge >= 0.3 is 0 Å². The van der Waals surface area contributed by atoms with E-state index in [2.05, 4.69) is 31.2 Å². The van der Waals surface area contributed by atoms with Gasteiger partial charge in [-0.15, -0.1) is 0 Å². The highest BCUT2D eigenvalue weighted by Crippen LogP contribution is 2.32. The Morgan fingerprint density at radius 2 is 1.76 bits per heavy atom. The van der Waals surface area contributed by atoms with Crippen LogP contribution >= 0.6 is 11.8 Å². The average molecular weight is 244 g/mol. The highest BCUT2D eigenvalue weighted by molar-refractivity contribution is 7.99. The third kappa shape index (κ3) is 2.90. The summed E-state index contributed by atoms with van der Waals surface area (Å²) in [6, 6.07) is 14.5. The molecule has 0 saturated carbocycles. The van der Waals surface area contributed by atoms with Crippen LogP contribution in [0.2, 0.25) is 0 Å². The van der Waals surface area contributed by atoms with Crippen LogP contribution in [0, 0.1) is 13.8 Å². The Hall–Kier alpha value is -1.25. The number of aliphatic hydroxyl groups excluding tert-OH is 1. The first-order chi connectivity index (χ1) is 8.20. The summed E-state index contributed by atoms with van der Waals surface area (Å²) in [5.41, 5.74) is 3.45. The Kier molecular flexibility index (Phi) is 3.87. The molecule has 1 N–H and O–H groups in total. The van der Waals surface area contributed by atoms with Crippen molar-refractivity contribution >= 4 is 11.8 Å². The van der Waals surface area contributed by atoms with Crippen LogP contribution in [0.15, 0.2) is 52.3 Å². The summed E-state index contributed by atoms with van der Waals surface area (Å²) in [5.74, 6) is 0. The van der Waals surface area contributed by atoms with E-state index in [0.717, 1.165) is 10.5 Å². The highest BCUT2D eigenvalue weighted by atomic mass is 32.2. The maximum absolute atomic E-state index is 9.38. The predicted octanol–water partition coefficient (Wildman–Crippen LogP) is 3.95. The first-order valence-corrected chi connectivity index (χ1v) is 6.46. The van der Waals surface area contributed by atoms with Crippen molar-refractivity contribution in [1.29, 1.82) is 0 Å². The van der Waals surface area contributed by atoms with Crippen molar-refractivity contribution in [2.75, 3.05) is 0 Å². The van der Waals surface area contributed by atoms with Crippen LogP contribution in [0.3, 0.4) is 0 Å². The molecule has 17 heavy (non-hydrogen) atoms. The van der Waals surface area contributed by atoms with Crippen LogP contribution in [0.4, 0.5) is 0 Å². The Morgan fingerprint density at radius 3 is 2.47 bits per heavy atom. The molecule has 0 heterocycles. The third-order valence-corrected chi connectivity index (χ3v) is 4.00. The van der Waals surface area contributed by atoms with Gasteiger partial charge < -0.3 is 5.11 Å². The zero-order valence-electron chi connectivity index (χ0n) is 10.1. The minimum Gasteiger partial charge on any atom is -0.392 e. The fourth-order valence-electron chi connectivity index (χ4n) is 1.72. The fraction of sp³-hybridized carbons (Fsp3) is 0.200. The number of rotatable bonds is 3. The molecule has 0 amide bonds. The minimum absolute atomic E-state index is 0.0931. The Labute approximate surface area is 107 Å². The molecule has 2 rings (SSSR count). The predicted molar refractivity (Wildman–Crippen MR) is 72.4 cm³/mol. The lowest BCUT2D eigenvalue weighted by molar-refractivity contribution is 0.279. The van der Waals surface area contributed by atoms with Gasteiger partial charge in [-0.3, -0.25) is 0 Å². The van der Waals surface area contributed by atoms with Crippen molar-refractivity contribution in [3.05, 3.63) is 59.2 Å². The van der Waals surface area contributed by atoms with Crippen molar-refractivity contribution in [3.63, 3.8) is 0 Å². The van der Waals surface area contributed by atoms with Crippen LogP contribution in [0.5, 0.6) is 0 Å². The molecular weight excluding hydrogens is 228 g/mol. The fourth-order valence-corrected chi connectivity index (χ4v) is 2.72. The SMILES string of the molecule is Cc1ccc(Sc2ccccc2C)c(CO)c1. The van der Waals surface area contributed by atoms with E-state index in [1.807, 2.05) is 25.1 Å². The number of hydrogen-bond donors (Lipinski definition) is 1. The van der Waals surface area contributed by atoms with E-state index in [9.17, 15) is 5.11 Å². The second-order valence-electron chi connectivity index (χ2n) is 4.14. The molecule has 0 aliphatic carbocycles. The molecule has 0 bridgehead atoms. The zero-order valence-corrected chi connectivity index (χ0v) is 10.9. The van der Waals surface area contributed by atoms with Gasteiger partial charge in [0.2, 0.25) is 0 Å². The number of hydrogen-bond acceptors (Lipinski definition) is 2. The molecule has 0 unspecified atom stereocenters. The van der Waals surface area contributed by atoms with Crippen molar-refractivity contribution in [1.82, 2.24) is 0 Å². The maximum Gasteiger partial charge on any atom is 0.0692 e. The lowest BCUT2D eigenvalue weighted by Gasteiger charge is -2.09. The van der Waals surface area contributed by atoms with Gasteiger partial charge in [0.1, 0.15) is 0 Å². The van der Waals surface area contributed by atoms with E-state index in [0.29, 0.717) is 0 Å². The van der Waals surface area contributed by atoms with Gasteiger partial charge in [0.15, 0.2) is 0 Å². The summed E-state index contributed by atoms with van der Waals surface area (Å²) >= 11 is 1.71. The standard InChI is InChI=1S/C15H16OS/c1-11-7-8-15(13(9-11)10-16)17-14-6-4-3-5-12(14)2/h3-9,16H,10H2,1-2H3. The second-order valence-corrected chi connectivity index (χ2v) is 5.22. The summed E-state index contributed by atoms with van der Waals surface area (Å²) < 4.78 is 0. The van der Waals surface area contributed by atoms with Gasteiger partial charge in [-0.05, 0) is 37.1 Å². The Bertz CT molecular complexity index is 520. The topological polar surface area (TPSA) is 20.2 Å². The first kappa shape index (κ1) is 12.2. The monoisotopic (exact) mass is 244 g/mol. The number of aryl methyl sites for hydroxylation is 2. The molecule has 2 aromatic rings. The summed E-state index contributed by atoms with van der Waals surface area (Å²) in [4.78, 5) is 2.37. The lowest BCUT2D eigenvalue weighted by atomic mass is 10.1. The van der Waals surface area contributed by atoms with Gasteiger partial charge in [-0.2, -0.15) is 0 Å². The number of benzene rings is 2. The third-order valence-electron chi connectivity index (χ3n) is 2.70. The van der Waals surface area contributed by atoms with Gasteiger partial charge in [-0.1, -0.05) is 47.7 Å². The van der Waals surface area contributed by atoms with Crippen molar-refractivity contribution in [2.45, 2.75) is 30.2 Å². The van der Waals surface area contributed by atoms with Gasteiger partial charge in [0.05, 0.1) is 6.61 Å². The van der Waals surface area contributed by atoms with Gasteiger partial charge in [-0.25, -0.2) is 0 Å². The van der Waals surface area contributed by atoms with Crippen LogP contribution in [0.1, 0.15) is 16.7 Å². The number of aliphatic hydroxyl groups is 1. The Morgan fingerprint density at radius 1 is 1.00 bits per heavy atom. The lowest BCUT2D eigenvalue weighted by Crippen LogP contribution is -1.89. The van der Waals surface area contributed by atoms with Crippen molar-refractivity contribution in [2.24, 2.45) is 0 Å². The molecule has 88 valence electrons. The van der Waals surface area contributed by atoms with Crippen LogP contribution in [-0.2, 0) is 6.61 Å². The largest absolute Gasteiger partial charge is 0.392 e. The van der Waals surface area contributed by atoms with E-state index in [4.69, 9.17) is 0 Å². The highest BCUT2D eigenvalue weighted by Gasteiger charge is 2.05.